The van der Waals surface area contributed by atoms with Crippen molar-refractivity contribution in [2.75, 3.05) is 39.3 Å². The van der Waals surface area contributed by atoms with Crippen LogP contribution in [-0.2, 0) is 6.54 Å². The molecule has 2 saturated heterocycles. The number of rotatable bonds is 4. The second-order valence-corrected chi connectivity index (χ2v) is 9.37. The van der Waals surface area contributed by atoms with E-state index in [0.717, 1.165) is 18.0 Å². The summed E-state index contributed by atoms with van der Waals surface area (Å²) in [6, 6.07) is 13.0. The lowest BCUT2D eigenvalue weighted by atomic mass is 9.84. The second kappa shape index (κ2) is 8.86. The lowest BCUT2D eigenvalue weighted by Gasteiger charge is -2.42. The van der Waals surface area contributed by atoms with Crippen LogP contribution in [-0.4, -0.2) is 51.4 Å². The number of piperazine rings is 1. The smallest absolute Gasteiger partial charge is 0.127 e. The minimum atomic E-state index is 0.944. The Bertz CT molecular complexity index is 530. The van der Waals surface area contributed by atoms with Crippen molar-refractivity contribution in [3.05, 3.63) is 35.9 Å². The highest BCUT2D eigenvalue weighted by Crippen LogP contribution is 2.21. The lowest BCUT2D eigenvalue weighted by Crippen LogP contribution is -3.32. The summed E-state index contributed by atoms with van der Waals surface area (Å²) in [5.74, 6) is 0.963. The van der Waals surface area contributed by atoms with Gasteiger partial charge in [-0.3, -0.25) is 0 Å². The fraction of sp³-hybridized carbons (Fsp3) is 0.739. The van der Waals surface area contributed by atoms with Crippen LogP contribution in [0.4, 0.5) is 0 Å². The standard InChI is InChI=1S/C23H37N3/c1-20-7-5-6-10-23(20)26-17-15-25(16-18-26)22-11-13-24(14-12-22)19-21-8-3-2-4-9-21/h2-4,8-9,20,22-23H,5-7,10-19H2,1H3/p+3/t20-,23-/m1/s1. The topological polar surface area (TPSA) is 13.3 Å². The Morgan fingerprint density at radius 2 is 1.42 bits per heavy atom. The van der Waals surface area contributed by atoms with Crippen molar-refractivity contribution in [1.29, 1.82) is 0 Å². The SMILES string of the molecule is C[C@@H]1CCCC[C@H]1[NH+]1CC[NH+](C2CC[NH+](Cc3ccccc3)CC2)CC1. The maximum Gasteiger partial charge on any atom is 0.127 e. The zero-order valence-corrected chi connectivity index (χ0v) is 16.8. The van der Waals surface area contributed by atoms with Crippen molar-refractivity contribution in [1.82, 2.24) is 0 Å². The third-order valence-electron chi connectivity index (χ3n) is 7.74. The lowest BCUT2D eigenvalue weighted by molar-refractivity contribution is -1.04. The number of nitrogens with one attached hydrogen (secondary N) is 3. The zero-order valence-electron chi connectivity index (χ0n) is 16.8. The van der Waals surface area contributed by atoms with Gasteiger partial charge in [-0.05, 0) is 19.3 Å². The van der Waals surface area contributed by atoms with Crippen molar-refractivity contribution in [3.63, 3.8) is 0 Å². The van der Waals surface area contributed by atoms with Gasteiger partial charge in [0, 0.05) is 24.3 Å². The van der Waals surface area contributed by atoms with Gasteiger partial charge in [-0.1, -0.05) is 43.7 Å². The Balaban J connectivity index is 1.21. The molecule has 2 atom stereocenters. The summed E-state index contributed by atoms with van der Waals surface area (Å²) >= 11 is 0. The van der Waals surface area contributed by atoms with Crippen molar-refractivity contribution in [3.8, 4) is 0 Å². The molecule has 3 aliphatic rings. The number of piperidine rings is 1. The first kappa shape index (κ1) is 18.5. The minimum absolute atomic E-state index is 0.944. The van der Waals surface area contributed by atoms with E-state index in [2.05, 4.69) is 37.3 Å². The van der Waals surface area contributed by atoms with Crippen LogP contribution < -0.4 is 14.7 Å². The molecule has 26 heavy (non-hydrogen) atoms. The molecule has 3 nitrogen and oxygen atoms in total. The predicted octanol–water partition coefficient (Wildman–Crippen LogP) is -0.404. The molecule has 3 heteroatoms. The highest BCUT2D eigenvalue weighted by Gasteiger charge is 2.37. The molecule has 4 rings (SSSR count). The number of quaternary nitrogens is 3. The molecule has 1 aliphatic carbocycles. The van der Waals surface area contributed by atoms with Gasteiger partial charge >= 0.3 is 0 Å². The van der Waals surface area contributed by atoms with Crippen LogP contribution in [0.25, 0.3) is 0 Å². The molecule has 0 amide bonds. The molecule has 1 saturated carbocycles. The third kappa shape index (κ3) is 4.49. The summed E-state index contributed by atoms with van der Waals surface area (Å²) in [4.78, 5) is 5.69. The van der Waals surface area contributed by atoms with Gasteiger partial charge < -0.3 is 14.7 Å². The molecule has 0 bridgehead atoms. The number of hydrogen-bond acceptors (Lipinski definition) is 0. The first-order valence-corrected chi connectivity index (χ1v) is 11.4. The Morgan fingerprint density at radius 3 is 2.12 bits per heavy atom. The van der Waals surface area contributed by atoms with E-state index in [0.29, 0.717) is 0 Å². The fourth-order valence-electron chi connectivity index (χ4n) is 6.09. The summed E-state index contributed by atoms with van der Waals surface area (Å²) in [7, 11) is 0. The molecule has 3 fully saturated rings. The van der Waals surface area contributed by atoms with E-state index < -0.39 is 0 Å². The molecule has 0 unspecified atom stereocenters. The monoisotopic (exact) mass is 358 g/mol. The fourth-order valence-corrected chi connectivity index (χ4v) is 6.09. The molecular formula is C23H40N3+3. The molecule has 3 N–H and O–H groups in total. The van der Waals surface area contributed by atoms with Crippen LogP contribution in [0.3, 0.4) is 0 Å². The highest BCUT2D eigenvalue weighted by atomic mass is 15.3. The molecule has 0 aromatic heterocycles. The average molecular weight is 359 g/mol. The largest absolute Gasteiger partial charge is 0.331 e. The summed E-state index contributed by atoms with van der Waals surface area (Å²) in [6.45, 7) is 12.2. The summed E-state index contributed by atoms with van der Waals surface area (Å²) in [6.07, 6.45) is 8.81. The van der Waals surface area contributed by atoms with Gasteiger partial charge in [0.1, 0.15) is 32.7 Å². The Hall–Kier alpha value is -0.900. The van der Waals surface area contributed by atoms with E-state index in [1.54, 1.807) is 4.90 Å². The maximum atomic E-state index is 2.52. The number of likely N-dealkylation sites (tertiary alicyclic amines) is 1. The first-order chi connectivity index (χ1) is 12.8. The Kier molecular flexibility index (Phi) is 6.29. The minimum Gasteiger partial charge on any atom is -0.331 e. The molecule has 0 radical (unpaired) electrons. The zero-order chi connectivity index (χ0) is 17.8. The molecule has 0 spiro atoms. The van der Waals surface area contributed by atoms with E-state index >= 15 is 0 Å². The normalized spacial score (nSPS) is 38.8. The van der Waals surface area contributed by atoms with Gasteiger partial charge in [0.2, 0.25) is 0 Å². The van der Waals surface area contributed by atoms with Gasteiger partial charge in [-0.2, -0.15) is 0 Å². The van der Waals surface area contributed by atoms with Crippen LogP contribution in [0.5, 0.6) is 0 Å². The summed E-state index contributed by atoms with van der Waals surface area (Å²) in [5.41, 5.74) is 1.51. The van der Waals surface area contributed by atoms with Crippen LogP contribution in [0.1, 0.15) is 51.0 Å². The quantitative estimate of drug-likeness (QED) is 0.648. The van der Waals surface area contributed by atoms with E-state index in [1.165, 1.54) is 89.9 Å². The first-order valence-electron chi connectivity index (χ1n) is 11.4. The van der Waals surface area contributed by atoms with Gasteiger partial charge in [0.25, 0.3) is 0 Å². The van der Waals surface area contributed by atoms with Gasteiger partial charge in [-0.15, -0.1) is 0 Å². The van der Waals surface area contributed by atoms with E-state index in [-0.39, 0.29) is 0 Å². The second-order valence-electron chi connectivity index (χ2n) is 9.37. The van der Waals surface area contributed by atoms with Crippen LogP contribution in [0, 0.1) is 5.92 Å². The van der Waals surface area contributed by atoms with Crippen molar-refractivity contribution < 1.29 is 14.7 Å². The molecule has 2 aliphatic heterocycles. The molecular weight excluding hydrogens is 318 g/mol. The molecule has 1 aromatic carbocycles. The van der Waals surface area contributed by atoms with Gasteiger partial charge in [0.15, 0.2) is 0 Å². The number of hydrogen-bond donors (Lipinski definition) is 3. The van der Waals surface area contributed by atoms with Crippen LogP contribution >= 0.6 is 0 Å². The molecule has 1 aromatic rings. The predicted molar refractivity (Wildman–Crippen MR) is 107 cm³/mol. The van der Waals surface area contributed by atoms with E-state index in [1.807, 2.05) is 9.80 Å². The maximum absolute atomic E-state index is 2.52. The van der Waals surface area contributed by atoms with Crippen molar-refractivity contribution in [2.45, 2.75) is 64.1 Å². The van der Waals surface area contributed by atoms with E-state index in [4.69, 9.17) is 0 Å². The van der Waals surface area contributed by atoms with Crippen LogP contribution in [0.2, 0.25) is 0 Å². The van der Waals surface area contributed by atoms with Crippen molar-refractivity contribution >= 4 is 0 Å². The third-order valence-corrected chi connectivity index (χ3v) is 7.74. The van der Waals surface area contributed by atoms with Gasteiger partial charge in [0.05, 0.1) is 25.2 Å². The highest BCUT2D eigenvalue weighted by molar-refractivity contribution is 5.13. The Morgan fingerprint density at radius 1 is 0.769 bits per heavy atom. The van der Waals surface area contributed by atoms with Crippen LogP contribution in [0.15, 0.2) is 30.3 Å². The van der Waals surface area contributed by atoms with Crippen molar-refractivity contribution in [2.24, 2.45) is 5.92 Å². The molecule has 2 heterocycles. The van der Waals surface area contributed by atoms with E-state index in [9.17, 15) is 0 Å². The Labute approximate surface area is 160 Å². The molecule has 144 valence electrons. The summed E-state index contributed by atoms with van der Waals surface area (Å²) in [5, 5.41) is 0. The average Bonchev–Trinajstić information content (AvgIpc) is 2.70. The van der Waals surface area contributed by atoms with Gasteiger partial charge in [-0.25, -0.2) is 0 Å². The number of benzene rings is 1. The summed E-state index contributed by atoms with van der Waals surface area (Å²) < 4.78 is 0.